The number of carbonyl (C=O) groups excluding carboxylic acids is 1. The van der Waals surface area contributed by atoms with Crippen LogP contribution >= 0.6 is 0 Å². The number of carbonyl (C=O) groups is 1. The number of hydrogen-bond acceptors (Lipinski definition) is 4. The normalized spacial score (nSPS) is 21.1. The maximum atomic E-state index is 12.1. The molecule has 156 valence electrons. The fourth-order valence-corrected chi connectivity index (χ4v) is 4.23. The van der Waals surface area contributed by atoms with Gasteiger partial charge in [-0.1, -0.05) is 25.8 Å². The summed E-state index contributed by atoms with van der Waals surface area (Å²) >= 11 is 0. The van der Waals surface area contributed by atoms with Crippen molar-refractivity contribution in [2.45, 2.75) is 70.8 Å². The zero-order valence-electron chi connectivity index (χ0n) is 17.9. The second-order valence-electron chi connectivity index (χ2n) is 9.04. The molecule has 3 aliphatic rings. The van der Waals surface area contributed by atoms with E-state index in [1.165, 1.54) is 31.3 Å². The molecule has 1 aliphatic heterocycles. The number of allylic oxidation sites excluding steroid dienone is 2. The van der Waals surface area contributed by atoms with Gasteiger partial charge in [-0.15, -0.1) is 0 Å². The topological polar surface area (TPSA) is 66.9 Å². The van der Waals surface area contributed by atoms with Crippen LogP contribution in [0.3, 0.4) is 0 Å². The minimum Gasteiger partial charge on any atom is -0.384 e. The molecule has 5 heteroatoms. The second-order valence-corrected chi connectivity index (χ2v) is 9.04. The molecule has 0 aromatic carbocycles. The van der Waals surface area contributed by atoms with Gasteiger partial charge >= 0.3 is 0 Å². The number of nitrogens with one attached hydrogen (secondary N) is 2. The Bertz CT molecular complexity index is 1050. The average Bonchev–Trinajstić information content (AvgIpc) is 3.64. The van der Waals surface area contributed by atoms with E-state index in [1.54, 1.807) is 0 Å². The van der Waals surface area contributed by atoms with Crippen LogP contribution < -0.4 is 10.6 Å². The van der Waals surface area contributed by atoms with E-state index in [0.29, 0.717) is 17.8 Å². The van der Waals surface area contributed by atoms with Gasteiger partial charge in [0.05, 0.1) is 11.4 Å². The summed E-state index contributed by atoms with van der Waals surface area (Å²) in [5.41, 5.74) is 4.60. The SMILES string of the molecule is CCCCC1C=C(C)C(c2cc3cnc(NC(=O)C4CC4)cc3c(C3CC3)n2)=CN1. The highest BCUT2D eigenvalue weighted by Gasteiger charge is 2.31. The number of anilines is 1. The van der Waals surface area contributed by atoms with E-state index < -0.39 is 0 Å². The first-order chi connectivity index (χ1) is 14.6. The van der Waals surface area contributed by atoms with Crippen molar-refractivity contribution in [3.8, 4) is 0 Å². The number of fused-ring (bicyclic) bond motifs is 1. The van der Waals surface area contributed by atoms with E-state index in [2.05, 4.69) is 47.8 Å². The van der Waals surface area contributed by atoms with Crippen molar-refractivity contribution < 1.29 is 4.79 Å². The van der Waals surface area contributed by atoms with Crippen molar-refractivity contribution in [1.29, 1.82) is 0 Å². The number of aromatic nitrogens is 2. The molecule has 3 heterocycles. The second kappa shape index (κ2) is 7.86. The number of hydrogen-bond donors (Lipinski definition) is 2. The fraction of sp³-hybridized carbons (Fsp3) is 0.480. The van der Waals surface area contributed by atoms with Crippen LogP contribution in [0.1, 0.15) is 76.1 Å². The maximum Gasteiger partial charge on any atom is 0.228 e. The van der Waals surface area contributed by atoms with Crippen molar-refractivity contribution in [3.63, 3.8) is 0 Å². The van der Waals surface area contributed by atoms with Crippen molar-refractivity contribution in [1.82, 2.24) is 15.3 Å². The van der Waals surface area contributed by atoms with Gasteiger partial charge in [-0.3, -0.25) is 9.78 Å². The molecule has 0 radical (unpaired) electrons. The quantitative estimate of drug-likeness (QED) is 0.659. The van der Waals surface area contributed by atoms with E-state index >= 15 is 0 Å². The molecule has 1 unspecified atom stereocenters. The first-order valence-electron chi connectivity index (χ1n) is 11.4. The molecule has 30 heavy (non-hydrogen) atoms. The van der Waals surface area contributed by atoms with E-state index in [1.807, 2.05) is 12.3 Å². The highest BCUT2D eigenvalue weighted by molar-refractivity contribution is 5.96. The summed E-state index contributed by atoms with van der Waals surface area (Å²) in [5.74, 6) is 1.42. The Morgan fingerprint density at radius 3 is 2.77 bits per heavy atom. The number of pyridine rings is 2. The molecule has 1 amide bonds. The van der Waals surface area contributed by atoms with Crippen LogP contribution in [-0.2, 0) is 4.79 Å². The monoisotopic (exact) mass is 402 g/mol. The zero-order valence-corrected chi connectivity index (χ0v) is 17.9. The summed E-state index contributed by atoms with van der Waals surface area (Å²) in [6, 6.07) is 4.56. The molecule has 0 bridgehead atoms. The van der Waals surface area contributed by atoms with Gasteiger partial charge in [0.15, 0.2) is 0 Å². The first kappa shape index (κ1) is 19.3. The molecule has 5 nitrogen and oxygen atoms in total. The van der Waals surface area contributed by atoms with E-state index in [9.17, 15) is 4.79 Å². The molecule has 2 saturated carbocycles. The molecule has 2 aliphatic carbocycles. The van der Waals surface area contributed by atoms with Gasteiger partial charge in [0.2, 0.25) is 5.91 Å². The van der Waals surface area contributed by atoms with Crippen molar-refractivity contribution in [2.24, 2.45) is 5.92 Å². The third-order valence-corrected chi connectivity index (χ3v) is 6.37. The Kier molecular flexibility index (Phi) is 5.05. The average molecular weight is 403 g/mol. The lowest BCUT2D eigenvalue weighted by Crippen LogP contribution is -2.26. The van der Waals surface area contributed by atoms with Gasteiger partial charge in [0.1, 0.15) is 5.82 Å². The number of rotatable bonds is 7. The molecular weight excluding hydrogens is 372 g/mol. The summed E-state index contributed by atoms with van der Waals surface area (Å²) in [6.45, 7) is 4.42. The summed E-state index contributed by atoms with van der Waals surface area (Å²) in [6.07, 6.45) is 14.3. The lowest BCUT2D eigenvalue weighted by molar-refractivity contribution is -0.117. The van der Waals surface area contributed by atoms with Gasteiger partial charge in [0.25, 0.3) is 0 Å². The van der Waals surface area contributed by atoms with Gasteiger partial charge in [-0.2, -0.15) is 0 Å². The lowest BCUT2D eigenvalue weighted by atomic mass is 9.95. The Labute approximate surface area is 178 Å². The molecule has 0 saturated heterocycles. The largest absolute Gasteiger partial charge is 0.384 e. The summed E-state index contributed by atoms with van der Waals surface area (Å²) in [5, 5.41) is 8.74. The van der Waals surface area contributed by atoms with E-state index in [0.717, 1.165) is 47.0 Å². The number of unbranched alkanes of at least 4 members (excludes halogenated alkanes) is 1. The molecule has 5 rings (SSSR count). The lowest BCUT2D eigenvalue weighted by Gasteiger charge is -2.22. The van der Waals surface area contributed by atoms with Crippen LogP contribution in [-0.4, -0.2) is 21.9 Å². The third kappa shape index (κ3) is 3.98. The minimum absolute atomic E-state index is 0.0937. The van der Waals surface area contributed by atoms with E-state index in [4.69, 9.17) is 4.98 Å². The number of amides is 1. The molecule has 1 atom stereocenters. The van der Waals surface area contributed by atoms with Crippen molar-refractivity contribution in [3.05, 3.63) is 47.6 Å². The Balaban J connectivity index is 1.46. The fourth-order valence-electron chi connectivity index (χ4n) is 4.23. The zero-order chi connectivity index (χ0) is 20.7. The number of nitrogens with zero attached hydrogens (tertiary/aromatic N) is 2. The van der Waals surface area contributed by atoms with Gasteiger partial charge in [-0.25, -0.2) is 4.98 Å². The highest BCUT2D eigenvalue weighted by Crippen LogP contribution is 2.43. The van der Waals surface area contributed by atoms with Crippen molar-refractivity contribution >= 4 is 28.1 Å². The Morgan fingerprint density at radius 2 is 2.07 bits per heavy atom. The first-order valence-corrected chi connectivity index (χ1v) is 11.4. The minimum atomic E-state index is 0.0937. The summed E-state index contributed by atoms with van der Waals surface area (Å²) < 4.78 is 0. The van der Waals surface area contributed by atoms with Crippen LogP contribution in [0.25, 0.3) is 16.3 Å². The van der Waals surface area contributed by atoms with Gasteiger partial charge in [-0.05, 0) is 56.7 Å². The van der Waals surface area contributed by atoms with Gasteiger partial charge < -0.3 is 10.6 Å². The Hall–Kier alpha value is -2.69. The van der Waals surface area contributed by atoms with Gasteiger partial charge in [0, 0.05) is 46.6 Å². The standard InChI is InChI=1S/C25H30N4O/c1-3-4-5-19-10-15(2)21(14-26-19)22-11-18-13-27-23(29-25(30)17-8-9-17)12-20(18)24(28-22)16-6-7-16/h10-14,16-17,19,26H,3-9H2,1-2H3,(H,27,29,30). The molecule has 0 spiro atoms. The van der Waals surface area contributed by atoms with Crippen LogP contribution in [0.2, 0.25) is 0 Å². The predicted octanol–water partition coefficient (Wildman–Crippen LogP) is 5.30. The van der Waals surface area contributed by atoms with Crippen molar-refractivity contribution in [2.75, 3.05) is 5.32 Å². The summed E-state index contributed by atoms with van der Waals surface area (Å²) in [7, 11) is 0. The molecule has 2 aromatic heterocycles. The van der Waals surface area contributed by atoms with Crippen LogP contribution in [0, 0.1) is 5.92 Å². The molecule has 2 N–H and O–H groups in total. The van der Waals surface area contributed by atoms with Crippen LogP contribution in [0.5, 0.6) is 0 Å². The number of dihydropyridines is 1. The molecule has 2 fully saturated rings. The Morgan fingerprint density at radius 1 is 1.23 bits per heavy atom. The molecule has 2 aromatic rings. The summed E-state index contributed by atoms with van der Waals surface area (Å²) in [4.78, 5) is 21.8. The van der Waals surface area contributed by atoms with Crippen LogP contribution in [0.4, 0.5) is 5.82 Å². The third-order valence-electron chi connectivity index (χ3n) is 6.37. The smallest absolute Gasteiger partial charge is 0.228 e. The molecular formula is C25H30N4O. The highest BCUT2D eigenvalue weighted by atomic mass is 16.2. The maximum absolute atomic E-state index is 12.1. The van der Waals surface area contributed by atoms with E-state index in [-0.39, 0.29) is 11.8 Å². The van der Waals surface area contributed by atoms with Crippen LogP contribution in [0.15, 0.2) is 36.2 Å². The predicted molar refractivity (Wildman–Crippen MR) is 121 cm³/mol.